The summed E-state index contributed by atoms with van der Waals surface area (Å²) in [4.78, 5) is 16.5. The Morgan fingerprint density at radius 3 is 2.80 bits per heavy atom. The number of hydrogen-bond donors (Lipinski definition) is 1. The molecule has 128 valence electrons. The van der Waals surface area contributed by atoms with E-state index in [9.17, 15) is 4.79 Å². The summed E-state index contributed by atoms with van der Waals surface area (Å²) in [6.07, 6.45) is 0. The van der Waals surface area contributed by atoms with Crippen molar-refractivity contribution in [1.29, 1.82) is 0 Å². The molecule has 25 heavy (non-hydrogen) atoms. The Balaban J connectivity index is 1.58. The molecular formula is C18H17N3O2S2. The summed E-state index contributed by atoms with van der Waals surface area (Å²) in [7, 11) is 1.61. The zero-order valence-corrected chi connectivity index (χ0v) is 15.5. The van der Waals surface area contributed by atoms with E-state index in [1.807, 2.05) is 55.5 Å². The van der Waals surface area contributed by atoms with E-state index < -0.39 is 0 Å². The van der Waals surface area contributed by atoms with Gasteiger partial charge in [0.2, 0.25) is 0 Å². The van der Waals surface area contributed by atoms with Gasteiger partial charge < -0.3 is 4.74 Å². The van der Waals surface area contributed by atoms with Gasteiger partial charge in [-0.05, 0) is 31.2 Å². The summed E-state index contributed by atoms with van der Waals surface area (Å²) < 4.78 is 7.30. The Bertz CT molecular complexity index is 888. The minimum absolute atomic E-state index is 0.168. The number of nitrogens with zero attached hydrogens (tertiary/aromatic N) is 2. The smallest absolute Gasteiger partial charge is 0.250 e. The van der Waals surface area contributed by atoms with Gasteiger partial charge in [0.1, 0.15) is 5.75 Å². The quantitative estimate of drug-likeness (QED) is 0.405. The Labute approximate surface area is 154 Å². The predicted molar refractivity (Wildman–Crippen MR) is 104 cm³/mol. The van der Waals surface area contributed by atoms with E-state index in [0.717, 1.165) is 25.9 Å². The standard InChI is InChI=1S/C18H17N3O2S2/c1-12(13-7-3-5-9-15(13)23-2)20-21-17(22)11-24-18-19-14-8-4-6-10-16(14)25-18/h3-10H,11H2,1-2H3,(H,21,22). The number of fused-ring (bicyclic) bond motifs is 1. The van der Waals surface area contributed by atoms with Crippen LogP contribution in [0.25, 0.3) is 10.2 Å². The average molecular weight is 371 g/mol. The van der Waals surface area contributed by atoms with Crippen LogP contribution < -0.4 is 10.2 Å². The van der Waals surface area contributed by atoms with Crippen LogP contribution >= 0.6 is 23.1 Å². The zero-order chi connectivity index (χ0) is 17.6. The van der Waals surface area contributed by atoms with Gasteiger partial charge in [-0.2, -0.15) is 5.10 Å². The second kappa shape index (κ2) is 8.13. The van der Waals surface area contributed by atoms with Crippen molar-refractivity contribution in [2.75, 3.05) is 12.9 Å². The summed E-state index contributed by atoms with van der Waals surface area (Å²) in [6.45, 7) is 1.83. The summed E-state index contributed by atoms with van der Waals surface area (Å²) in [5, 5.41) is 4.16. The minimum Gasteiger partial charge on any atom is -0.496 e. The Hall–Kier alpha value is -2.38. The maximum Gasteiger partial charge on any atom is 0.250 e. The molecule has 1 heterocycles. The molecule has 0 fully saturated rings. The molecular weight excluding hydrogens is 354 g/mol. The molecule has 3 rings (SSSR count). The normalized spacial score (nSPS) is 11.5. The molecule has 1 amide bonds. The molecule has 5 nitrogen and oxygen atoms in total. The van der Waals surface area contributed by atoms with Crippen molar-refractivity contribution >= 4 is 44.9 Å². The summed E-state index contributed by atoms with van der Waals surface area (Å²) >= 11 is 3.00. The molecule has 0 saturated carbocycles. The van der Waals surface area contributed by atoms with Crippen LogP contribution in [0.2, 0.25) is 0 Å². The Morgan fingerprint density at radius 2 is 2.00 bits per heavy atom. The fourth-order valence-electron chi connectivity index (χ4n) is 2.22. The van der Waals surface area contributed by atoms with E-state index >= 15 is 0 Å². The molecule has 0 bridgehead atoms. The van der Waals surface area contributed by atoms with E-state index in [1.54, 1.807) is 18.4 Å². The number of hydrazone groups is 1. The molecule has 1 N–H and O–H groups in total. The molecule has 0 aliphatic heterocycles. The van der Waals surface area contributed by atoms with Gasteiger partial charge in [0.25, 0.3) is 5.91 Å². The van der Waals surface area contributed by atoms with Crippen LogP contribution in [-0.2, 0) is 4.79 Å². The van der Waals surface area contributed by atoms with E-state index in [2.05, 4.69) is 15.5 Å². The minimum atomic E-state index is -0.168. The van der Waals surface area contributed by atoms with E-state index in [4.69, 9.17) is 4.74 Å². The first kappa shape index (κ1) is 17.4. The summed E-state index contributed by atoms with van der Waals surface area (Å²) in [5.74, 6) is 0.822. The molecule has 0 aliphatic carbocycles. The third-order valence-electron chi connectivity index (χ3n) is 3.45. The third kappa shape index (κ3) is 4.37. The number of hydrogen-bond acceptors (Lipinski definition) is 6. The van der Waals surface area contributed by atoms with Crippen molar-refractivity contribution in [3.63, 3.8) is 0 Å². The number of thiazole rings is 1. The van der Waals surface area contributed by atoms with Gasteiger partial charge >= 0.3 is 0 Å². The van der Waals surface area contributed by atoms with Gasteiger partial charge in [-0.3, -0.25) is 4.79 Å². The predicted octanol–water partition coefficient (Wildman–Crippen LogP) is 3.94. The van der Waals surface area contributed by atoms with Gasteiger partial charge in [0, 0.05) is 5.56 Å². The zero-order valence-electron chi connectivity index (χ0n) is 13.9. The summed E-state index contributed by atoms with van der Waals surface area (Å²) in [5.41, 5.74) is 5.09. The SMILES string of the molecule is COc1ccccc1C(C)=NNC(=O)CSc1nc2ccccc2s1. The van der Waals surface area contributed by atoms with Crippen LogP contribution in [-0.4, -0.2) is 29.5 Å². The molecule has 0 radical (unpaired) electrons. The van der Waals surface area contributed by atoms with Crippen LogP contribution in [0.1, 0.15) is 12.5 Å². The summed E-state index contributed by atoms with van der Waals surface area (Å²) in [6, 6.07) is 15.5. The second-order valence-electron chi connectivity index (χ2n) is 5.17. The van der Waals surface area contributed by atoms with Crippen molar-refractivity contribution < 1.29 is 9.53 Å². The molecule has 0 unspecified atom stereocenters. The fraction of sp³-hybridized carbons (Fsp3) is 0.167. The van der Waals surface area contributed by atoms with Gasteiger partial charge in [0.05, 0.1) is 28.8 Å². The maximum absolute atomic E-state index is 12.0. The van der Waals surface area contributed by atoms with Crippen molar-refractivity contribution in [2.24, 2.45) is 5.10 Å². The largest absolute Gasteiger partial charge is 0.496 e. The molecule has 2 aromatic carbocycles. The molecule has 0 atom stereocenters. The van der Waals surface area contributed by atoms with Crippen molar-refractivity contribution in [2.45, 2.75) is 11.3 Å². The first-order valence-electron chi connectivity index (χ1n) is 7.62. The number of aromatic nitrogens is 1. The highest BCUT2D eigenvalue weighted by atomic mass is 32.2. The lowest BCUT2D eigenvalue weighted by Crippen LogP contribution is -2.21. The number of benzene rings is 2. The van der Waals surface area contributed by atoms with E-state index in [-0.39, 0.29) is 11.7 Å². The highest BCUT2D eigenvalue weighted by Crippen LogP contribution is 2.29. The van der Waals surface area contributed by atoms with Crippen molar-refractivity contribution in [1.82, 2.24) is 10.4 Å². The van der Waals surface area contributed by atoms with Crippen LogP contribution in [0.15, 0.2) is 58.0 Å². The molecule has 0 aliphatic rings. The fourth-order valence-corrected chi connectivity index (χ4v) is 4.08. The molecule has 3 aromatic rings. The number of ether oxygens (including phenoxy) is 1. The maximum atomic E-state index is 12.0. The lowest BCUT2D eigenvalue weighted by molar-refractivity contribution is -0.118. The van der Waals surface area contributed by atoms with E-state index in [0.29, 0.717) is 5.71 Å². The molecule has 1 aromatic heterocycles. The van der Waals surface area contributed by atoms with Gasteiger partial charge in [-0.15, -0.1) is 11.3 Å². The Kier molecular flexibility index (Phi) is 5.67. The number of rotatable bonds is 6. The number of methoxy groups -OCH3 is 1. The number of thioether (sulfide) groups is 1. The lowest BCUT2D eigenvalue weighted by atomic mass is 10.1. The lowest BCUT2D eigenvalue weighted by Gasteiger charge is -2.07. The first-order chi connectivity index (χ1) is 12.2. The van der Waals surface area contributed by atoms with Crippen LogP contribution in [0, 0.1) is 0 Å². The van der Waals surface area contributed by atoms with Crippen molar-refractivity contribution in [3.05, 3.63) is 54.1 Å². The van der Waals surface area contributed by atoms with Crippen LogP contribution in [0.3, 0.4) is 0 Å². The van der Waals surface area contributed by atoms with Gasteiger partial charge in [0.15, 0.2) is 4.34 Å². The van der Waals surface area contributed by atoms with E-state index in [1.165, 1.54) is 11.8 Å². The average Bonchev–Trinajstić information content (AvgIpc) is 3.07. The monoisotopic (exact) mass is 371 g/mol. The van der Waals surface area contributed by atoms with Gasteiger partial charge in [-0.25, -0.2) is 10.4 Å². The Morgan fingerprint density at radius 1 is 1.24 bits per heavy atom. The molecule has 7 heteroatoms. The van der Waals surface area contributed by atoms with Crippen molar-refractivity contribution in [3.8, 4) is 5.75 Å². The first-order valence-corrected chi connectivity index (χ1v) is 9.42. The number of carbonyl (C=O) groups excluding carboxylic acids is 1. The van der Waals surface area contributed by atoms with Crippen LogP contribution in [0.4, 0.5) is 0 Å². The number of nitrogens with one attached hydrogen (secondary N) is 1. The molecule has 0 spiro atoms. The second-order valence-corrected chi connectivity index (χ2v) is 7.42. The number of amides is 1. The number of carbonyl (C=O) groups is 1. The topological polar surface area (TPSA) is 63.6 Å². The number of para-hydroxylation sites is 2. The third-order valence-corrected chi connectivity index (χ3v) is 5.63. The highest BCUT2D eigenvalue weighted by molar-refractivity contribution is 8.01. The highest BCUT2D eigenvalue weighted by Gasteiger charge is 2.08. The van der Waals surface area contributed by atoms with Gasteiger partial charge in [-0.1, -0.05) is 36.0 Å². The van der Waals surface area contributed by atoms with Crippen LogP contribution in [0.5, 0.6) is 5.75 Å². The molecule has 0 saturated heterocycles.